The molecule has 0 atom stereocenters. The summed E-state index contributed by atoms with van der Waals surface area (Å²) < 4.78 is 0.602. The third-order valence-corrected chi connectivity index (χ3v) is 5.10. The highest BCUT2D eigenvalue weighted by Crippen LogP contribution is 2.23. The molecule has 8 nitrogen and oxygen atoms in total. The quantitative estimate of drug-likeness (QED) is 0.125. The lowest BCUT2D eigenvalue weighted by Crippen LogP contribution is -2.33. The lowest BCUT2D eigenvalue weighted by Gasteiger charge is -2.12. The molecule has 0 aliphatic carbocycles. The van der Waals surface area contributed by atoms with Gasteiger partial charge in [-0.15, -0.1) is 0 Å². The molecule has 0 saturated heterocycles. The van der Waals surface area contributed by atoms with Crippen LogP contribution in [-0.2, 0) is 4.79 Å². The van der Waals surface area contributed by atoms with Gasteiger partial charge in [-0.1, -0.05) is 46.3 Å². The van der Waals surface area contributed by atoms with Gasteiger partial charge in [0.1, 0.15) is 0 Å². The molecule has 164 valence electrons. The zero-order chi connectivity index (χ0) is 23.1. The van der Waals surface area contributed by atoms with Crippen LogP contribution >= 0.6 is 15.9 Å². The number of aliphatic imine (C=N–C) groups is 1. The molecule has 2 amide bonds. The molecule has 6 N–H and O–H groups in total. The zero-order valence-corrected chi connectivity index (χ0v) is 18.7. The summed E-state index contributed by atoms with van der Waals surface area (Å²) in [6.45, 7) is 0.564. The Morgan fingerprint density at radius 1 is 0.938 bits per heavy atom. The van der Waals surface area contributed by atoms with E-state index in [1.165, 1.54) is 6.07 Å². The molecule has 32 heavy (non-hydrogen) atoms. The Hall–Kier alpha value is -3.72. The van der Waals surface area contributed by atoms with Gasteiger partial charge >= 0.3 is 0 Å². The summed E-state index contributed by atoms with van der Waals surface area (Å²) in [6, 6.07) is 17.8. The smallest absolute Gasteiger partial charge is 0.292 e. The predicted octanol–water partition coefficient (Wildman–Crippen LogP) is 2.82. The minimum Gasteiger partial charge on any atom is -0.370 e. The van der Waals surface area contributed by atoms with Gasteiger partial charge in [0.2, 0.25) is 0 Å². The van der Waals surface area contributed by atoms with Crippen LogP contribution in [0.1, 0.15) is 27.1 Å². The average molecular weight is 496 g/mol. The largest absolute Gasteiger partial charge is 0.370 e. The van der Waals surface area contributed by atoms with E-state index in [4.69, 9.17) is 11.5 Å². The fraction of sp³-hybridized carbons (Fsp3) is 0.130. The van der Waals surface area contributed by atoms with Crippen LogP contribution in [0.4, 0.5) is 5.69 Å². The van der Waals surface area contributed by atoms with Crippen LogP contribution in [0.2, 0.25) is 0 Å². The predicted molar refractivity (Wildman–Crippen MR) is 129 cm³/mol. The fourth-order valence-corrected chi connectivity index (χ4v) is 3.39. The molecule has 3 aromatic rings. The van der Waals surface area contributed by atoms with E-state index >= 15 is 0 Å². The molecule has 0 unspecified atom stereocenters. The highest BCUT2D eigenvalue weighted by atomic mass is 79.9. The summed E-state index contributed by atoms with van der Waals surface area (Å²) in [5.74, 6) is -1.96. The van der Waals surface area contributed by atoms with Crippen molar-refractivity contribution in [1.82, 2.24) is 5.32 Å². The van der Waals surface area contributed by atoms with Crippen molar-refractivity contribution in [3.63, 3.8) is 0 Å². The van der Waals surface area contributed by atoms with Crippen LogP contribution in [0.15, 0.2) is 70.1 Å². The number of nitrogens with zero attached hydrogens (tertiary/aromatic N) is 1. The third-order valence-electron chi connectivity index (χ3n) is 4.61. The van der Waals surface area contributed by atoms with Crippen LogP contribution in [-0.4, -0.2) is 36.6 Å². The number of benzene rings is 3. The summed E-state index contributed by atoms with van der Waals surface area (Å²) >= 11 is 3.30. The van der Waals surface area contributed by atoms with Gasteiger partial charge in [-0.25, -0.2) is 0 Å². The molecule has 0 aromatic heterocycles. The normalized spacial score (nSPS) is 10.4. The molecule has 0 radical (unpaired) electrons. The van der Waals surface area contributed by atoms with Gasteiger partial charge in [0.15, 0.2) is 5.96 Å². The van der Waals surface area contributed by atoms with Crippen molar-refractivity contribution in [2.75, 3.05) is 18.4 Å². The van der Waals surface area contributed by atoms with Crippen molar-refractivity contribution in [3.05, 3.63) is 76.3 Å². The number of nitrogens with one attached hydrogen (secondary N) is 2. The molecular weight excluding hydrogens is 474 g/mol. The van der Waals surface area contributed by atoms with Gasteiger partial charge < -0.3 is 22.1 Å². The van der Waals surface area contributed by atoms with E-state index in [9.17, 15) is 14.4 Å². The summed E-state index contributed by atoms with van der Waals surface area (Å²) in [6.07, 6.45) is 0.473. The Morgan fingerprint density at radius 3 is 2.44 bits per heavy atom. The van der Waals surface area contributed by atoms with Gasteiger partial charge in [0.25, 0.3) is 17.6 Å². The van der Waals surface area contributed by atoms with Crippen LogP contribution in [0.25, 0.3) is 10.8 Å². The molecule has 0 bridgehead atoms. The molecule has 0 aliphatic rings. The summed E-state index contributed by atoms with van der Waals surface area (Å²) in [5.41, 5.74) is 11.3. The van der Waals surface area contributed by atoms with Crippen molar-refractivity contribution >= 4 is 55.9 Å². The number of carbonyl (C=O) groups excluding carboxylic acids is 3. The molecular formula is C23H22BrN5O3. The first kappa shape index (κ1) is 23.0. The Morgan fingerprint density at radius 2 is 1.69 bits per heavy atom. The first-order valence-electron chi connectivity index (χ1n) is 9.83. The number of halogens is 1. The van der Waals surface area contributed by atoms with Crippen molar-refractivity contribution < 1.29 is 14.4 Å². The minimum absolute atomic E-state index is 0.0339. The van der Waals surface area contributed by atoms with Crippen molar-refractivity contribution in [1.29, 1.82) is 0 Å². The average Bonchev–Trinajstić information content (AvgIpc) is 2.78. The van der Waals surface area contributed by atoms with E-state index in [2.05, 4.69) is 31.6 Å². The maximum atomic E-state index is 12.8. The summed E-state index contributed by atoms with van der Waals surface area (Å²) in [7, 11) is 0. The number of Topliss-reactive ketones (excluding diaryl/α,β-unsaturated/α-hetero) is 1. The van der Waals surface area contributed by atoms with E-state index in [1.807, 2.05) is 30.3 Å². The second-order valence-corrected chi connectivity index (χ2v) is 7.87. The van der Waals surface area contributed by atoms with E-state index in [-0.39, 0.29) is 29.7 Å². The summed E-state index contributed by atoms with van der Waals surface area (Å²) in [4.78, 5) is 41.7. The highest BCUT2D eigenvalue weighted by Gasteiger charge is 2.21. The van der Waals surface area contributed by atoms with Crippen LogP contribution in [0.3, 0.4) is 0 Å². The molecule has 0 aliphatic heterocycles. The van der Waals surface area contributed by atoms with E-state index < -0.39 is 11.7 Å². The van der Waals surface area contributed by atoms with Crippen LogP contribution in [0.5, 0.6) is 0 Å². The second-order valence-electron chi connectivity index (χ2n) is 6.95. The number of hydrogen-bond donors (Lipinski definition) is 4. The van der Waals surface area contributed by atoms with Crippen molar-refractivity contribution in [2.24, 2.45) is 16.5 Å². The molecule has 9 heteroatoms. The second kappa shape index (κ2) is 10.5. The number of ketones is 1. The van der Waals surface area contributed by atoms with Crippen molar-refractivity contribution in [2.45, 2.75) is 6.42 Å². The standard InChI is InChI=1S/C23H22BrN5O3/c24-17-8-9-19(18(13-17)20(30)22(32)27-10-3-11-28-23(25)26)29-21(31)16-7-6-14-4-1-2-5-15(14)12-16/h1-2,4-9,12-13H,3,10-11H2,(H,27,32)(H,29,31)(H4,25,26,28). The van der Waals surface area contributed by atoms with Gasteiger partial charge in [0, 0.05) is 23.1 Å². The lowest BCUT2D eigenvalue weighted by molar-refractivity contribution is -0.117. The number of anilines is 1. The molecule has 3 aromatic carbocycles. The zero-order valence-electron chi connectivity index (χ0n) is 17.1. The van der Waals surface area contributed by atoms with Gasteiger partial charge in [-0.2, -0.15) is 0 Å². The number of guanidine groups is 1. The lowest BCUT2D eigenvalue weighted by atomic mass is 10.1. The van der Waals surface area contributed by atoms with E-state index in [0.29, 0.717) is 23.0 Å². The Kier molecular flexibility index (Phi) is 7.56. The molecule has 0 spiro atoms. The van der Waals surface area contributed by atoms with Crippen molar-refractivity contribution in [3.8, 4) is 0 Å². The van der Waals surface area contributed by atoms with E-state index in [0.717, 1.165) is 10.8 Å². The highest BCUT2D eigenvalue weighted by molar-refractivity contribution is 9.10. The number of hydrogen-bond acceptors (Lipinski definition) is 4. The van der Waals surface area contributed by atoms with Crippen LogP contribution < -0.4 is 22.1 Å². The maximum Gasteiger partial charge on any atom is 0.292 e. The maximum absolute atomic E-state index is 12.8. The topological polar surface area (TPSA) is 140 Å². The molecule has 0 fully saturated rings. The fourth-order valence-electron chi connectivity index (χ4n) is 3.03. The minimum atomic E-state index is -0.783. The number of fused-ring (bicyclic) bond motifs is 1. The van der Waals surface area contributed by atoms with Gasteiger partial charge in [-0.3, -0.25) is 19.4 Å². The SMILES string of the molecule is NC(N)=NCCCNC(=O)C(=O)c1cc(Br)ccc1NC(=O)c1ccc2ccccc2c1. The van der Waals surface area contributed by atoms with E-state index in [1.54, 1.807) is 24.3 Å². The number of carbonyl (C=O) groups is 3. The van der Waals surface area contributed by atoms with Gasteiger partial charge in [0.05, 0.1) is 11.3 Å². The molecule has 0 heterocycles. The summed E-state index contributed by atoms with van der Waals surface area (Å²) in [5, 5.41) is 7.21. The monoisotopic (exact) mass is 495 g/mol. The van der Waals surface area contributed by atoms with Gasteiger partial charge in [-0.05, 0) is 47.5 Å². The first-order chi connectivity index (χ1) is 15.3. The third kappa shape index (κ3) is 5.92. The Balaban J connectivity index is 1.73. The first-order valence-corrected chi connectivity index (χ1v) is 10.6. The Labute approximate surface area is 193 Å². The number of amides is 2. The number of nitrogens with two attached hydrogens (primary N) is 2. The molecule has 3 rings (SSSR count). The van der Waals surface area contributed by atoms with Crippen LogP contribution in [0, 0.1) is 0 Å². The molecule has 0 saturated carbocycles. The number of rotatable bonds is 8. The Bertz CT molecular complexity index is 1210.